The normalized spacial score (nSPS) is 15.0. The van der Waals surface area contributed by atoms with Crippen molar-refractivity contribution in [2.24, 2.45) is 5.73 Å². The van der Waals surface area contributed by atoms with Gasteiger partial charge in [0, 0.05) is 44.4 Å². The molecule has 1 saturated heterocycles. The standard InChI is InChI=1S/C28H30N4O4S/c1-19-30-24-16-23(8-10-27(24)37-19)35-18-21(33)17-31-11-13-32(14-12-31)25-9-7-20(28(29)34)15-26(25)36-22-5-3-2-4-6-22/h2-10,15-16,21,33H,11-14,17-18H2,1H3,(H2,29,34)/t21-/m1/s1. The van der Waals surface area contributed by atoms with E-state index < -0.39 is 12.0 Å². The highest BCUT2D eigenvalue weighted by molar-refractivity contribution is 7.18. The second kappa shape index (κ2) is 11.2. The summed E-state index contributed by atoms with van der Waals surface area (Å²) in [5.41, 5.74) is 7.74. The Morgan fingerprint density at radius 1 is 1.05 bits per heavy atom. The Morgan fingerprint density at radius 3 is 2.59 bits per heavy atom. The Hall–Kier alpha value is -3.66. The number of nitrogens with zero attached hydrogens (tertiary/aromatic N) is 3. The van der Waals surface area contributed by atoms with Crippen molar-refractivity contribution in [1.82, 2.24) is 9.88 Å². The molecule has 3 aromatic carbocycles. The van der Waals surface area contributed by atoms with Crippen molar-refractivity contribution in [3.8, 4) is 17.2 Å². The van der Waals surface area contributed by atoms with Gasteiger partial charge < -0.3 is 25.2 Å². The Balaban J connectivity index is 1.17. The van der Waals surface area contributed by atoms with Crippen LogP contribution >= 0.6 is 11.3 Å². The molecule has 2 heterocycles. The van der Waals surface area contributed by atoms with Gasteiger partial charge >= 0.3 is 0 Å². The second-order valence-corrected chi connectivity index (χ2v) is 10.3. The van der Waals surface area contributed by atoms with E-state index in [4.69, 9.17) is 15.2 Å². The fraction of sp³-hybridized carbons (Fsp3) is 0.286. The van der Waals surface area contributed by atoms with Gasteiger partial charge in [0.1, 0.15) is 24.2 Å². The van der Waals surface area contributed by atoms with Crippen molar-refractivity contribution in [3.63, 3.8) is 0 Å². The number of carbonyl (C=O) groups is 1. The van der Waals surface area contributed by atoms with Crippen LogP contribution in [0.2, 0.25) is 0 Å². The highest BCUT2D eigenvalue weighted by Gasteiger charge is 2.23. The summed E-state index contributed by atoms with van der Waals surface area (Å²) < 4.78 is 13.1. The predicted molar refractivity (Wildman–Crippen MR) is 146 cm³/mol. The Kier molecular flexibility index (Phi) is 7.55. The zero-order valence-corrected chi connectivity index (χ0v) is 21.5. The maximum absolute atomic E-state index is 11.8. The third kappa shape index (κ3) is 6.19. The number of amides is 1. The van der Waals surface area contributed by atoms with E-state index in [1.165, 1.54) is 0 Å². The van der Waals surface area contributed by atoms with Crippen LogP contribution in [0.5, 0.6) is 17.2 Å². The summed E-state index contributed by atoms with van der Waals surface area (Å²) in [5.74, 6) is 1.51. The van der Waals surface area contributed by atoms with E-state index in [0.717, 1.165) is 47.1 Å². The van der Waals surface area contributed by atoms with Gasteiger partial charge in [-0.1, -0.05) is 18.2 Å². The summed E-state index contributed by atoms with van der Waals surface area (Å²) in [5, 5.41) is 11.6. The van der Waals surface area contributed by atoms with E-state index in [1.807, 2.05) is 61.5 Å². The number of nitrogens with two attached hydrogens (primary N) is 1. The number of hydrogen-bond acceptors (Lipinski definition) is 8. The lowest BCUT2D eigenvalue weighted by atomic mass is 10.1. The molecule has 1 aromatic heterocycles. The van der Waals surface area contributed by atoms with Crippen LogP contribution in [0.1, 0.15) is 15.4 Å². The minimum absolute atomic E-state index is 0.221. The number of aliphatic hydroxyl groups excluding tert-OH is 1. The van der Waals surface area contributed by atoms with Crippen molar-refractivity contribution < 1.29 is 19.4 Å². The van der Waals surface area contributed by atoms with Crippen LogP contribution in [0.3, 0.4) is 0 Å². The summed E-state index contributed by atoms with van der Waals surface area (Å²) in [7, 11) is 0. The number of thiazole rings is 1. The number of aliphatic hydroxyl groups is 1. The van der Waals surface area contributed by atoms with Crippen molar-refractivity contribution in [1.29, 1.82) is 0 Å². The highest BCUT2D eigenvalue weighted by atomic mass is 32.1. The van der Waals surface area contributed by atoms with Gasteiger partial charge in [0.2, 0.25) is 5.91 Å². The van der Waals surface area contributed by atoms with Gasteiger partial charge in [0.25, 0.3) is 0 Å². The van der Waals surface area contributed by atoms with Crippen LogP contribution in [0.15, 0.2) is 66.7 Å². The zero-order valence-electron chi connectivity index (χ0n) is 20.7. The van der Waals surface area contributed by atoms with Crippen molar-refractivity contribution in [2.45, 2.75) is 13.0 Å². The molecule has 0 spiro atoms. The van der Waals surface area contributed by atoms with E-state index >= 15 is 0 Å². The van der Waals surface area contributed by atoms with Crippen LogP contribution in [-0.2, 0) is 0 Å². The molecule has 8 nitrogen and oxygen atoms in total. The molecule has 1 aliphatic rings. The first-order valence-corrected chi connectivity index (χ1v) is 13.1. The Bertz CT molecular complexity index is 1370. The number of primary amides is 1. The number of aryl methyl sites for hydroxylation is 1. The lowest BCUT2D eigenvalue weighted by Crippen LogP contribution is -2.49. The SMILES string of the molecule is Cc1nc2cc(OC[C@H](O)CN3CCN(c4ccc(C(N)=O)cc4Oc4ccccc4)CC3)ccc2s1. The molecule has 1 aliphatic heterocycles. The number of anilines is 1. The minimum Gasteiger partial charge on any atom is -0.491 e. The molecule has 192 valence electrons. The topological polar surface area (TPSA) is 101 Å². The minimum atomic E-state index is -0.605. The molecule has 0 radical (unpaired) electrons. The van der Waals surface area contributed by atoms with Crippen molar-refractivity contribution >= 4 is 33.1 Å². The molecule has 3 N–H and O–H groups in total. The van der Waals surface area contributed by atoms with Gasteiger partial charge in [-0.3, -0.25) is 9.69 Å². The van der Waals surface area contributed by atoms with Crippen LogP contribution in [-0.4, -0.2) is 66.3 Å². The lowest BCUT2D eigenvalue weighted by Gasteiger charge is -2.37. The van der Waals surface area contributed by atoms with Crippen LogP contribution in [0, 0.1) is 6.92 Å². The second-order valence-electron chi connectivity index (χ2n) is 9.08. The third-order valence-electron chi connectivity index (χ3n) is 6.31. The predicted octanol–water partition coefficient (Wildman–Crippen LogP) is 4.06. The number of rotatable bonds is 9. The molecule has 4 aromatic rings. The number of piperazine rings is 1. The van der Waals surface area contributed by atoms with Gasteiger partial charge in [-0.25, -0.2) is 4.98 Å². The smallest absolute Gasteiger partial charge is 0.248 e. The molecule has 1 amide bonds. The van der Waals surface area contributed by atoms with E-state index in [1.54, 1.807) is 23.5 Å². The largest absolute Gasteiger partial charge is 0.491 e. The van der Waals surface area contributed by atoms with E-state index in [2.05, 4.69) is 14.8 Å². The van der Waals surface area contributed by atoms with Crippen molar-refractivity contribution in [3.05, 3.63) is 77.3 Å². The number of para-hydroxylation sites is 1. The molecule has 9 heteroatoms. The fourth-order valence-electron chi connectivity index (χ4n) is 4.45. The summed E-state index contributed by atoms with van der Waals surface area (Å²) in [6, 6.07) is 20.6. The number of β-amino-alcohol motifs (C(OH)–C–C–N with tert-alkyl or cyclic N) is 1. The molecule has 0 bridgehead atoms. The first-order valence-electron chi connectivity index (χ1n) is 12.3. The van der Waals surface area contributed by atoms with Crippen LogP contribution in [0.25, 0.3) is 10.2 Å². The number of fused-ring (bicyclic) bond motifs is 1. The highest BCUT2D eigenvalue weighted by Crippen LogP contribution is 2.34. The molecule has 0 saturated carbocycles. The van der Waals surface area contributed by atoms with E-state index in [-0.39, 0.29) is 6.61 Å². The first-order chi connectivity index (χ1) is 17.9. The Labute approximate surface area is 219 Å². The molecular weight excluding hydrogens is 488 g/mol. The van der Waals surface area contributed by atoms with Gasteiger partial charge in [-0.2, -0.15) is 0 Å². The Morgan fingerprint density at radius 2 is 1.84 bits per heavy atom. The van der Waals surface area contributed by atoms with Crippen LogP contribution in [0.4, 0.5) is 5.69 Å². The van der Waals surface area contributed by atoms with E-state index in [0.29, 0.717) is 29.4 Å². The number of carbonyl (C=O) groups excluding carboxylic acids is 1. The number of ether oxygens (including phenoxy) is 2. The first kappa shape index (κ1) is 25.0. The molecule has 37 heavy (non-hydrogen) atoms. The zero-order chi connectivity index (χ0) is 25.8. The van der Waals surface area contributed by atoms with Gasteiger partial charge in [-0.05, 0) is 49.4 Å². The lowest BCUT2D eigenvalue weighted by molar-refractivity contribution is 0.0663. The number of hydrogen-bond donors (Lipinski definition) is 2. The average molecular weight is 519 g/mol. The molecular formula is C28H30N4O4S. The molecule has 1 fully saturated rings. The van der Waals surface area contributed by atoms with Crippen LogP contribution < -0.4 is 20.1 Å². The quantitative estimate of drug-likeness (QED) is 0.345. The maximum Gasteiger partial charge on any atom is 0.248 e. The molecule has 5 rings (SSSR count). The fourth-order valence-corrected chi connectivity index (χ4v) is 5.26. The van der Waals surface area contributed by atoms with Gasteiger partial charge in [0.05, 0.1) is 20.9 Å². The summed E-state index contributed by atoms with van der Waals surface area (Å²) in [6.45, 7) is 5.82. The third-order valence-corrected chi connectivity index (χ3v) is 7.26. The maximum atomic E-state index is 11.8. The van der Waals surface area contributed by atoms with Crippen molar-refractivity contribution in [2.75, 3.05) is 44.2 Å². The van der Waals surface area contributed by atoms with Gasteiger partial charge in [0.15, 0.2) is 5.75 Å². The summed E-state index contributed by atoms with van der Waals surface area (Å²) in [4.78, 5) is 20.7. The summed E-state index contributed by atoms with van der Waals surface area (Å²) in [6.07, 6.45) is -0.605. The monoisotopic (exact) mass is 518 g/mol. The molecule has 0 aliphatic carbocycles. The molecule has 0 unspecified atom stereocenters. The average Bonchev–Trinajstić information content (AvgIpc) is 3.28. The van der Waals surface area contributed by atoms with E-state index in [9.17, 15) is 9.90 Å². The summed E-state index contributed by atoms with van der Waals surface area (Å²) >= 11 is 1.65. The molecule has 1 atom stereocenters. The van der Waals surface area contributed by atoms with Gasteiger partial charge in [-0.15, -0.1) is 11.3 Å². The number of benzene rings is 3. The number of aromatic nitrogens is 1.